The third-order valence-electron chi connectivity index (χ3n) is 8.46. The number of hydrogen-bond acceptors (Lipinski definition) is 3. The molecule has 0 aromatic heterocycles. The Balaban J connectivity index is 1.34. The van der Waals surface area contributed by atoms with E-state index in [1.165, 1.54) is 0 Å². The number of rotatable bonds is 5. The van der Waals surface area contributed by atoms with Crippen LogP contribution in [0.4, 0.5) is 17.6 Å². The lowest BCUT2D eigenvalue weighted by Gasteiger charge is -2.48. The van der Waals surface area contributed by atoms with Crippen molar-refractivity contribution in [3.8, 4) is 5.75 Å². The van der Waals surface area contributed by atoms with Crippen LogP contribution in [-0.4, -0.2) is 46.2 Å². The number of carboxylic acids is 1. The van der Waals surface area contributed by atoms with Gasteiger partial charge in [0.05, 0.1) is 17.9 Å². The first-order chi connectivity index (χ1) is 17.7. The second kappa shape index (κ2) is 10.1. The molecule has 2 atom stereocenters. The number of aliphatic carboxylic acids is 1. The molecule has 0 radical (unpaired) electrons. The predicted molar refractivity (Wildman–Crippen MR) is 129 cm³/mol. The highest BCUT2D eigenvalue weighted by atomic mass is 19.4. The fourth-order valence-corrected chi connectivity index (χ4v) is 6.51. The quantitative estimate of drug-likeness (QED) is 0.447. The maximum Gasteiger partial charge on any atom is 0.391 e. The molecule has 2 bridgehead atoms. The van der Waals surface area contributed by atoms with Crippen molar-refractivity contribution in [2.45, 2.75) is 88.8 Å². The Kier molecular flexibility index (Phi) is 7.07. The van der Waals surface area contributed by atoms with Crippen molar-refractivity contribution in [1.29, 1.82) is 0 Å². The number of carbonyl (C=O) groups excluding carboxylic acids is 1. The third kappa shape index (κ3) is 5.14. The Morgan fingerprint density at radius 1 is 0.973 bits per heavy atom. The minimum absolute atomic E-state index is 0.00385. The summed E-state index contributed by atoms with van der Waals surface area (Å²) >= 11 is 0. The Labute approximate surface area is 212 Å². The maximum absolute atomic E-state index is 14.1. The van der Waals surface area contributed by atoms with Crippen molar-refractivity contribution in [3.63, 3.8) is 0 Å². The van der Waals surface area contributed by atoms with Crippen LogP contribution >= 0.6 is 0 Å². The predicted octanol–water partition coefficient (Wildman–Crippen LogP) is 6.67. The Hall–Kier alpha value is -2.84. The topological polar surface area (TPSA) is 66.8 Å². The first-order valence-electron chi connectivity index (χ1n) is 13.1. The van der Waals surface area contributed by atoms with Crippen molar-refractivity contribution >= 4 is 22.6 Å². The summed E-state index contributed by atoms with van der Waals surface area (Å²) in [5.41, 5.74) is 0.802. The van der Waals surface area contributed by atoms with Gasteiger partial charge in [0.1, 0.15) is 12.4 Å². The number of carboxylic acid groups (broad SMARTS) is 1. The van der Waals surface area contributed by atoms with Crippen LogP contribution in [0.15, 0.2) is 30.3 Å². The number of alkyl halides is 4. The smallest absolute Gasteiger partial charge is 0.391 e. The lowest BCUT2D eigenvalue weighted by molar-refractivity contribution is -0.185. The zero-order valence-electron chi connectivity index (χ0n) is 20.5. The molecule has 2 unspecified atom stereocenters. The fourth-order valence-electron chi connectivity index (χ4n) is 6.51. The van der Waals surface area contributed by atoms with Gasteiger partial charge in [0, 0.05) is 23.2 Å². The number of nitrogens with zero attached hydrogens (tertiary/aromatic N) is 1. The Morgan fingerprint density at radius 3 is 2.24 bits per heavy atom. The summed E-state index contributed by atoms with van der Waals surface area (Å²) in [6, 6.07) is 8.29. The number of carbonyl (C=O) groups is 2. The van der Waals surface area contributed by atoms with Crippen LogP contribution in [0.2, 0.25) is 0 Å². The summed E-state index contributed by atoms with van der Waals surface area (Å²) in [6.07, 6.45) is -0.574. The number of halogens is 4. The molecule has 37 heavy (non-hydrogen) atoms. The highest BCUT2D eigenvalue weighted by Gasteiger charge is 2.43. The second-order valence-corrected chi connectivity index (χ2v) is 10.7. The average molecular weight is 522 g/mol. The van der Waals surface area contributed by atoms with E-state index in [1.54, 1.807) is 30.3 Å². The van der Waals surface area contributed by atoms with Gasteiger partial charge in [-0.25, -0.2) is 4.39 Å². The van der Waals surface area contributed by atoms with Crippen molar-refractivity contribution in [2.75, 3.05) is 0 Å². The zero-order chi connectivity index (χ0) is 26.3. The molecule has 200 valence electrons. The van der Waals surface area contributed by atoms with Crippen LogP contribution in [0.1, 0.15) is 73.7 Å². The number of benzene rings is 2. The van der Waals surface area contributed by atoms with Crippen LogP contribution in [-0.2, 0) is 11.5 Å². The molecule has 1 N–H and O–H groups in total. The summed E-state index contributed by atoms with van der Waals surface area (Å²) < 4.78 is 59.0. The highest BCUT2D eigenvalue weighted by molar-refractivity contribution is 6.00. The Bertz CT molecular complexity index is 1160. The van der Waals surface area contributed by atoms with Gasteiger partial charge in [0.15, 0.2) is 0 Å². The SMILES string of the molecule is O=C(O)C1CC2CCCC(C1)N2C(=O)c1ccc2c(CF)c(O[C@H]3CC[C@@H](C(F)(F)F)CC3)ccc2c1. The van der Waals surface area contributed by atoms with Gasteiger partial charge in [-0.1, -0.05) is 12.1 Å². The van der Waals surface area contributed by atoms with E-state index < -0.39 is 36.8 Å². The van der Waals surface area contributed by atoms with E-state index in [0.717, 1.165) is 19.3 Å². The van der Waals surface area contributed by atoms with Crippen molar-refractivity contribution in [3.05, 3.63) is 41.5 Å². The minimum Gasteiger partial charge on any atom is -0.490 e. The monoisotopic (exact) mass is 521 g/mol. The van der Waals surface area contributed by atoms with E-state index in [9.17, 15) is 32.3 Å². The molecular formula is C28H31F4NO4. The summed E-state index contributed by atoms with van der Waals surface area (Å²) in [5.74, 6) is -2.35. The first kappa shape index (κ1) is 25.8. The maximum atomic E-state index is 14.1. The molecule has 2 aromatic rings. The van der Waals surface area contributed by atoms with E-state index >= 15 is 0 Å². The molecule has 2 saturated heterocycles. The number of amides is 1. The van der Waals surface area contributed by atoms with Crippen LogP contribution in [0, 0.1) is 11.8 Å². The number of ether oxygens (including phenoxy) is 1. The average Bonchev–Trinajstić information content (AvgIpc) is 2.86. The molecule has 0 spiro atoms. The van der Waals surface area contributed by atoms with Crippen LogP contribution in [0.25, 0.3) is 10.8 Å². The molecular weight excluding hydrogens is 490 g/mol. The zero-order valence-corrected chi connectivity index (χ0v) is 20.5. The minimum atomic E-state index is -4.20. The van der Waals surface area contributed by atoms with E-state index in [-0.39, 0.29) is 43.7 Å². The largest absolute Gasteiger partial charge is 0.490 e. The molecule has 3 aliphatic rings. The van der Waals surface area contributed by atoms with E-state index in [2.05, 4.69) is 0 Å². The molecule has 2 heterocycles. The highest BCUT2D eigenvalue weighted by Crippen LogP contribution is 2.41. The van der Waals surface area contributed by atoms with Crippen LogP contribution in [0.5, 0.6) is 5.75 Å². The van der Waals surface area contributed by atoms with Crippen LogP contribution in [0.3, 0.4) is 0 Å². The van der Waals surface area contributed by atoms with Gasteiger partial charge >= 0.3 is 12.1 Å². The standard InChI is InChI=1S/C28H31F4NO4/c29-15-24-23-10-4-17(26(34)33-20-2-1-3-21(33)14-18(13-20)27(35)36)12-16(23)5-11-25(24)37-22-8-6-19(7-9-22)28(30,31)32/h4-5,10-12,18-22H,1-3,6-9,13-15H2,(H,35,36)/t18?,19-,20?,21?,22+. The van der Waals surface area contributed by atoms with E-state index in [4.69, 9.17) is 4.74 Å². The number of piperidine rings is 2. The van der Waals surface area contributed by atoms with E-state index in [1.807, 2.05) is 4.90 Å². The summed E-state index contributed by atoms with van der Waals surface area (Å²) in [4.78, 5) is 26.9. The molecule has 2 aliphatic heterocycles. The van der Waals surface area contributed by atoms with Gasteiger partial charge in [-0.05, 0) is 86.8 Å². The second-order valence-electron chi connectivity index (χ2n) is 10.7. The molecule has 5 rings (SSSR count). The normalized spacial score (nSPS) is 28.2. The third-order valence-corrected chi connectivity index (χ3v) is 8.46. The lowest BCUT2D eigenvalue weighted by Crippen LogP contribution is -2.55. The Morgan fingerprint density at radius 2 is 1.65 bits per heavy atom. The molecule has 5 nitrogen and oxygen atoms in total. The fraction of sp³-hybridized carbons (Fsp3) is 0.571. The van der Waals surface area contributed by atoms with Gasteiger partial charge in [-0.15, -0.1) is 0 Å². The van der Waals surface area contributed by atoms with Crippen LogP contribution < -0.4 is 4.74 Å². The van der Waals surface area contributed by atoms with Crippen molar-refractivity contribution < 1.29 is 37.0 Å². The summed E-state index contributed by atoms with van der Waals surface area (Å²) in [5, 5.41) is 10.8. The van der Waals surface area contributed by atoms with Crippen molar-refractivity contribution in [1.82, 2.24) is 4.90 Å². The molecule has 1 amide bonds. The molecule has 1 aliphatic carbocycles. The molecule has 3 fully saturated rings. The lowest BCUT2D eigenvalue weighted by atomic mass is 9.78. The first-order valence-corrected chi connectivity index (χ1v) is 13.1. The number of fused-ring (bicyclic) bond motifs is 3. The van der Waals surface area contributed by atoms with E-state index in [0.29, 0.717) is 40.5 Å². The van der Waals surface area contributed by atoms with Gasteiger partial charge in [0.25, 0.3) is 5.91 Å². The molecule has 1 saturated carbocycles. The van der Waals surface area contributed by atoms with Gasteiger partial charge in [0.2, 0.25) is 0 Å². The summed E-state index contributed by atoms with van der Waals surface area (Å²) in [6.45, 7) is -0.801. The molecule has 9 heteroatoms. The van der Waals surface area contributed by atoms with Gasteiger partial charge < -0.3 is 14.7 Å². The van der Waals surface area contributed by atoms with Gasteiger partial charge in [-0.2, -0.15) is 13.2 Å². The molecule has 2 aromatic carbocycles. The summed E-state index contributed by atoms with van der Waals surface area (Å²) in [7, 11) is 0. The number of hydrogen-bond donors (Lipinski definition) is 1. The van der Waals surface area contributed by atoms with Gasteiger partial charge in [-0.3, -0.25) is 9.59 Å². The van der Waals surface area contributed by atoms with Crippen molar-refractivity contribution in [2.24, 2.45) is 11.8 Å².